The highest BCUT2D eigenvalue weighted by atomic mass is 35.5. The molecule has 1 aromatic carbocycles. The summed E-state index contributed by atoms with van der Waals surface area (Å²) >= 11 is 6.28. The largest absolute Gasteiger partial charge is 0.492 e. The molecule has 0 radical (unpaired) electrons. The van der Waals surface area contributed by atoms with E-state index in [1.54, 1.807) is 0 Å². The lowest BCUT2D eigenvalue weighted by molar-refractivity contribution is 0.300. The molecule has 1 heterocycles. The third kappa shape index (κ3) is 7.38. The van der Waals surface area contributed by atoms with Crippen molar-refractivity contribution in [2.75, 3.05) is 33.3 Å². The highest BCUT2D eigenvalue weighted by Gasteiger charge is 2.22. The van der Waals surface area contributed by atoms with Crippen LogP contribution in [0.4, 0.5) is 0 Å². The van der Waals surface area contributed by atoms with Crippen molar-refractivity contribution in [3.63, 3.8) is 0 Å². The molecule has 0 aromatic heterocycles. The zero-order valence-electron chi connectivity index (χ0n) is 14.7. The number of rotatable bonds is 6. The van der Waals surface area contributed by atoms with Gasteiger partial charge < -0.3 is 10.5 Å². The Morgan fingerprint density at radius 2 is 1.83 bits per heavy atom. The van der Waals surface area contributed by atoms with Crippen LogP contribution in [0.15, 0.2) is 30.4 Å². The molecule has 1 aliphatic heterocycles. The van der Waals surface area contributed by atoms with Gasteiger partial charge in [0.1, 0.15) is 5.75 Å². The van der Waals surface area contributed by atoms with Crippen molar-refractivity contribution in [2.45, 2.75) is 33.1 Å². The van der Waals surface area contributed by atoms with Crippen LogP contribution in [-0.2, 0) is 6.42 Å². The molecule has 3 nitrogen and oxygen atoms in total. The van der Waals surface area contributed by atoms with E-state index in [1.165, 1.54) is 25.5 Å². The van der Waals surface area contributed by atoms with Crippen LogP contribution in [0.25, 0.3) is 0 Å². The molecule has 130 valence electrons. The minimum atomic E-state index is 0.748. The first-order chi connectivity index (χ1) is 11.3. The molecule has 0 unspecified atom stereocenters. The Balaban J connectivity index is 0.000000615. The summed E-state index contributed by atoms with van der Waals surface area (Å²) in [5, 5.41) is 0.748. The molecule has 0 saturated heterocycles. The van der Waals surface area contributed by atoms with Crippen molar-refractivity contribution in [1.82, 2.24) is 4.90 Å². The quantitative estimate of drug-likeness (QED) is 0.792. The predicted octanol–water partition coefficient (Wildman–Crippen LogP) is 4.14. The number of benzene rings is 1. The van der Waals surface area contributed by atoms with E-state index in [4.69, 9.17) is 16.3 Å². The summed E-state index contributed by atoms with van der Waals surface area (Å²) in [6, 6.07) is 6.20. The van der Waals surface area contributed by atoms with Gasteiger partial charge in [-0.2, -0.15) is 0 Å². The van der Waals surface area contributed by atoms with Crippen LogP contribution < -0.4 is 10.5 Å². The number of nitrogens with two attached hydrogens (primary N) is 1. The van der Waals surface area contributed by atoms with Gasteiger partial charge in [-0.1, -0.05) is 43.7 Å². The van der Waals surface area contributed by atoms with Crippen LogP contribution in [0.1, 0.15) is 32.3 Å². The lowest BCUT2D eigenvalue weighted by Crippen LogP contribution is -2.22. The first-order valence-corrected chi connectivity index (χ1v) is 9.05. The van der Waals surface area contributed by atoms with Crippen LogP contribution in [0.3, 0.4) is 0 Å². The first-order valence-electron chi connectivity index (χ1n) is 8.67. The van der Waals surface area contributed by atoms with E-state index in [0.29, 0.717) is 0 Å². The Morgan fingerprint density at radius 3 is 2.39 bits per heavy atom. The number of ether oxygens (including phenoxy) is 1. The molecule has 1 aromatic rings. The molecule has 2 aliphatic rings. The molecule has 1 fully saturated rings. The van der Waals surface area contributed by atoms with Gasteiger partial charge in [0.15, 0.2) is 0 Å². The Kier molecular flexibility index (Phi) is 10.0. The van der Waals surface area contributed by atoms with Crippen LogP contribution >= 0.6 is 11.6 Å². The van der Waals surface area contributed by atoms with E-state index < -0.39 is 0 Å². The molecule has 1 saturated carbocycles. The first kappa shape index (κ1) is 20.0. The second-order valence-corrected chi connectivity index (χ2v) is 5.91. The van der Waals surface area contributed by atoms with Gasteiger partial charge >= 0.3 is 0 Å². The fourth-order valence-electron chi connectivity index (χ4n) is 2.30. The zero-order valence-corrected chi connectivity index (χ0v) is 15.5. The van der Waals surface area contributed by atoms with E-state index in [-0.39, 0.29) is 0 Å². The highest BCUT2D eigenvalue weighted by Crippen LogP contribution is 2.32. The normalized spacial score (nSPS) is 16.2. The molecule has 1 aliphatic carbocycles. The average Bonchev–Trinajstić information content (AvgIpc) is 3.29. The Morgan fingerprint density at radius 1 is 1.17 bits per heavy atom. The summed E-state index contributed by atoms with van der Waals surface area (Å²) < 4.78 is 5.74. The molecule has 0 bridgehead atoms. The van der Waals surface area contributed by atoms with Gasteiger partial charge in [0.25, 0.3) is 0 Å². The van der Waals surface area contributed by atoms with E-state index in [1.807, 2.05) is 26.0 Å². The topological polar surface area (TPSA) is 38.5 Å². The van der Waals surface area contributed by atoms with Crippen molar-refractivity contribution < 1.29 is 4.74 Å². The third-order valence-corrected chi connectivity index (χ3v) is 4.07. The molecule has 4 heteroatoms. The SMILES string of the molecule is CC.CN.Clc1cc(CCN2CC=CC2)ccc1OCC1CC1. The van der Waals surface area contributed by atoms with E-state index in [2.05, 4.69) is 28.9 Å². The Labute approximate surface area is 146 Å². The lowest BCUT2D eigenvalue weighted by atomic mass is 10.1. The number of halogens is 1. The highest BCUT2D eigenvalue weighted by molar-refractivity contribution is 6.32. The number of nitrogens with zero attached hydrogens (tertiary/aromatic N) is 1. The molecule has 2 N–H and O–H groups in total. The monoisotopic (exact) mass is 338 g/mol. The van der Waals surface area contributed by atoms with E-state index in [0.717, 1.165) is 49.4 Å². The zero-order chi connectivity index (χ0) is 17.1. The second kappa shape index (κ2) is 11.5. The number of hydrogen-bond acceptors (Lipinski definition) is 3. The Bertz CT molecular complexity index is 464. The summed E-state index contributed by atoms with van der Waals surface area (Å²) in [5.41, 5.74) is 5.79. The maximum atomic E-state index is 6.28. The summed E-state index contributed by atoms with van der Waals surface area (Å²) in [6.45, 7) is 8.07. The fourth-order valence-corrected chi connectivity index (χ4v) is 2.56. The Hall–Kier alpha value is -1.03. The van der Waals surface area contributed by atoms with Crippen molar-refractivity contribution in [1.29, 1.82) is 0 Å². The van der Waals surface area contributed by atoms with Crippen molar-refractivity contribution >= 4 is 11.6 Å². The van der Waals surface area contributed by atoms with Crippen molar-refractivity contribution in [2.24, 2.45) is 11.7 Å². The average molecular weight is 339 g/mol. The minimum Gasteiger partial charge on any atom is -0.492 e. The van der Waals surface area contributed by atoms with Gasteiger partial charge in [0.2, 0.25) is 0 Å². The van der Waals surface area contributed by atoms with Gasteiger partial charge in [-0.15, -0.1) is 0 Å². The minimum absolute atomic E-state index is 0.748. The summed E-state index contributed by atoms with van der Waals surface area (Å²) in [5.74, 6) is 1.60. The fraction of sp³-hybridized carbons (Fsp3) is 0.579. The third-order valence-electron chi connectivity index (χ3n) is 3.78. The summed E-state index contributed by atoms with van der Waals surface area (Å²) in [4.78, 5) is 2.42. The van der Waals surface area contributed by atoms with Crippen LogP contribution in [0.5, 0.6) is 5.75 Å². The van der Waals surface area contributed by atoms with Gasteiger partial charge in [0.05, 0.1) is 11.6 Å². The summed E-state index contributed by atoms with van der Waals surface area (Å²) in [6.07, 6.45) is 8.10. The van der Waals surface area contributed by atoms with Gasteiger partial charge in [-0.3, -0.25) is 4.90 Å². The smallest absolute Gasteiger partial charge is 0.137 e. The maximum Gasteiger partial charge on any atom is 0.137 e. The van der Waals surface area contributed by atoms with Crippen LogP contribution in [-0.4, -0.2) is 38.2 Å². The molecule has 0 amide bonds. The van der Waals surface area contributed by atoms with Gasteiger partial charge in [0, 0.05) is 19.6 Å². The second-order valence-electron chi connectivity index (χ2n) is 5.50. The van der Waals surface area contributed by atoms with Crippen molar-refractivity contribution in [3.05, 3.63) is 40.9 Å². The molecular weight excluding hydrogens is 308 g/mol. The van der Waals surface area contributed by atoms with Crippen LogP contribution in [0.2, 0.25) is 5.02 Å². The molecule has 3 rings (SSSR count). The van der Waals surface area contributed by atoms with Gasteiger partial charge in [-0.05, 0) is 49.9 Å². The van der Waals surface area contributed by atoms with Crippen molar-refractivity contribution in [3.8, 4) is 5.75 Å². The maximum absolute atomic E-state index is 6.28. The number of hydrogen-bond donors (Lipinski definition) is 1. The molecular formula is C19H31ClN2O. The molecule has 0 atom stereocenters. The summed E-state index contributed by atoms with van der Waals surface area (Å²) in [7, 11) is 1.50. The molecule has 0 spiro atoms. The predicted molar refractivity (Wildman–Crippen MR) is 100 cm³/mol. The van der Waals surface area contributed by atoms with E-state index in [9.17, 15) is 0 Å². The van der Waals surface area contributed by atoms with Gasteiger partial charge in [-0.25, -0.2) is 0 Å². The standard InChI is InChI=1S/C16H20ClNO.C2H6.CH5N/c17-15-11-13(7-10-18-8-1-2-9-18)5-6-16(15)19-12-14-3-4-14;2*1-2/h1-2,5-6,11,14H,3-4,7-10,12H2;1-2H3;2H2,1H3. The van der Waals surface area contributed by atoms with Crippen LogP contribution in [0, 0.1) is 5.92 Å². The van der Waals surface area contributed by atoms with E-state index >= 15 is 0 Å². The molecule has 23 heavy (non-hydrogen) atoms. The lowest BCUT2D eigenvalue weighted by Gasteiger charge is -2.15.